The van der Waals surface area contributed by atoms with Gasteiger partial charge in [0.15, 0.2) is 0 Å². The van der Waals surface area contributed by atoms with Crippen molar-refractivity contribution in [2.24, 2.45) is 0 Å². The molecule has 3 heteroatoms. The quantitative estimate of drug-likeness (QED) is 0.470. The maximum Gasteiger partial charge on any atom is 0.306 e. The van der Waals surface area contributed by atoms with Crippen molar-refractivity contribution in [3.8, 4) is 0 Å². The lowest BCUT2D eigenvalue weighted by molar-refractivity contribution is -0.146. The molecule has 0 aromatic rings. The second-order valence-corrected chi connectivity index (χ2v) is 3.64. The van der Waals surface area contributed by atoms with E-state index in [1.165, 1.54) is 0 Å². The third kappa shape index (κ3) is 0.748. The summed E-state index contributed by atoms with van der Waals surface area (Å²) in [6.45, 7) is 0. The Morgan fingerprint density at radius 1 is 1.56 bits per heavy atom. The van der Waals surface area contributed by atoms with Gasteiger partial charge in [-0.1, -0.05) is 0 Å². The van der Waals surface area contributed by atoms with E-state index in [1.54, 1.807) is 0 Å². The number of hydrogen-bond acceptors (Lipinski definition) is 3. The Kier molecular flexibility index (Phi) is 1.03. The van der Waals surface area contributed by atoms with Crippen molar-refractivity contribution >= 4 is 17.7 Å². The summed E-state index contributed by atoms with van der Waals surface area (Å²) in [5.74, 6) is 2.05. The van der Waals surface area contributed by atoms with Crippen LogP contribution in [0.1, 0.15) is 12.8 Å². The van der Waals surface area contributed by atoms with Crippen LogP contribution < -0.4 is 0 Å². The first kappa shape index (κ1) is 5.59. The number of rotatable bonds is 0. The van der Waals surface area contributed by atoms with Crippen LogP contribution in [0.3, 0.4) is 0 Å². The molecule has 0 unspecified atom stereocenters. The second kappa shape index (κ2) is 1.66. The smallest absolute Gasteiger partial charge is 0.306 e. The Bertz CT molecular complexity index is 151. The van der Waals surface area contributed by atoms with E-state index in [2.05, 4.69) is 0 Å². The summed E-state index contributed by atoms with van der Waals surface area (Å²) >= 11 is 1.86. The van der Waals surface area contributed by atoms with E-state index in [9.17, 15) is 4.79 Å². The van der Waals surface area contributed by atoms with E-state index >= 15 is 0 Å². The van der Waals surface area contributed by atoms with E-state index in [1.807, 2.05) is 11.8 Å². The minimum Gasteiger partial charge on any atom is -0.457 e. The van der Waals surface area contributed by atoms with Crippen LogP contribution in [-0.4, -0.2) is 23.1 Å². The second-order valence-electron chi connectivity index (χ2n) is 2.65. The number of ether oxygens (including phenoxy) is 1. The molecule has 0 bridgehead atoms. The van der Waals surface area contributed by atoms with E-state index in [0.29, 0.717) is 6.42 Å². The Morgan fingerprint density at radius 2 is 2.33 bits per heavy atom. The fraction of sp³-hybridized carbons (Fsp3) is 0.833. The van der Waals surface area contributed by atoms with Crippen LogP contribution in [0.2, 0.25) is 0 Å². The Balaban J connectivity index is 2.07. The first-order valence-electron chi connectivity index (χ1n) is 3.10. The molecule has 0 saturated carbocycles. The molecule has 2 nitrogen and oxygen atoms in total. The minimum atomic E-state index is -0.00435. The molecule has 0 amide bonds. The maximum absolute atomic E-state index is 10.6. The SMILES string of the molecule is O=C1CCC2(CSC2)O1. The van der Waals surface area contributed by atoms with Gasteiger partial charge in [-0.25, -0.2) is 0 Å². The Labute approximate surface area is 58.0 Å². The molecule has 2 rings (SSSR count). The number of esters is 1. The van der Waals surface area contributed by atoms with Gasteiger partial charge < -0.3 is 4.74 Å². The van der Waals surface area contributed by atoms with Gasteiger partial charge in [-0.15, -0.1) is 0 Å². The zero-order chi connectivity index (χ0) is 6.32. The largest absolute Gasteiger partial charge is 0.457 e. The normalized spacial score (nSPS) is 30.0. The first-order chi connectivity index (χ1) is 4.31. The topological polar surface area (TPSA) is 26.3 Å². The predicted octanol–water partition coefficient (Wildman–Crippen LogP) is 0.809. The molecule has 2 aliphatic rings. The highest BCUT2D eigenvalue weighted by molar-refractivity contribution is 8.00. The van der Waals surface area contributed by atoms with Crippen LogP contribution >= 0.6 is 11.8 Å². The van der Waals surface area contributed by atoms with E-state index in [0.717, 1.165) is 17.9 Å². The maximum atomic E-state index is 10.6. The molecule has 2 aliphatic heterocycles. The zero-order valence-electron chi connectivity index (χ0n) is 5.05. The van der Waals surface area contributed by atoms with E-state index in [-0.39, 0.29) is 11.6 Å². The van der Waals surface area contributed by atoms with Gasteiger partial charge in [0.1, 0.15) is 5.60 Å². The van der Waals surface area contributed by atoms with Crippen molar-refractivity contribution in [2.45, 2.75) is 18.4 Å². The van der Waals surface area contributed by atoms with Gasteiger partial charge in [0.25, 0.3) is 0 Å². The number of thioether (sulfide) groups is 1. The highest BCUT2D eigenvalue weighted by atomic mass is 32.2. The van der Waals surface area contributed by atoms with Gasteiger partial charge in [0, 0.05) is 17.9 Å². The van der Waals surface area contributed by atoms with Crippen LogP contribution in [0.5, 0.6) is 0 Å². The molecule has 0 aromatic carbocycles. The minimum absolute atomic E-state index is 0.00174. The molecule has 0 radical (unpaired) electrons. The van der Waals surface area contributed by atoms with Crippen LogP contribution in [-0.2, 0) is 9.53 Å². The highest BCUT2D eigenvalue weighted by Crippen LogP contribution is 2.40. The highest BCUT2D eigenvalue weighted by Gasteiger charge is 2.45. The van der Waals surface area contributed by atoms with Gasteiger partial charge in [0.05, 0.1) is 0 Å². The van der Waals surface area contributed by atoms with Gasteiger partial charge in [-0.05, 0) is 6.42 Å². The van der Waals surface area contributed by atoms with Gasteiger partial charge in [0.2, 0.25) is 0 Å². The van der Waals surface area contributed by atoms with Gasteiger partial charge in [-0.2, -0.15) is 11.8 Å². The summed E-state index contributed by atoms with van der Waals surface area (Å²) in [4.78, 5) is 10.6. The summed E-state index contributed by atoms with van der Waals surface area (Å²) in [5, 5.41) is 0. The molecular weight excluding hydrogens is 136 g/mol. The monoisotopic (exact) mass is 144 g/mol. The van der Waals surface area contributed by atoms with Crippen LogP contribution in [0, 0.1) is 0 Å². The molecule has 2 saturated heterocycles. The molecular formula is C6H8O2S. The molecule has 0 aromatic heterocycles. The molecule has 1 spiro atoms. The summed E-state index contributed by atoms with van der Waals surface area (Å²) < 4.78 is 5.12. The number of hydrogen-bond donors (Lipinski definition) is 0. The van der Waals surface area contributed by atoms with E-state index in [4.69, 9.17) is 4.74 Å². The van der Waals surface area contributed by atoms with Gasteiger partial charge in [-0.3, -0.25) is 4.79 Å². The van der Waals surface area contributed by atoms with Gasteiger partial charge >= 0.3 is 5.97 Å². The molecule has 9 heavy (non-hydrogen) atoms. The third-order valence-corrected chi connectivity index (χ3v) is 3.31. The average Bonchev–Trinajstić information content (AvgIpc) is 2.09. The molecule has 0 N–H and O–H groups in total. The van der Waals surface area contributed by atoms with Crippen molar-refractivity contribution in [1.82, 2.24) is 0 Å². The molecule has 0 atom stereocenters. The zero-order valence-corrected chi connectivity index (χ0v) is 5.87. The Morgan fingerprint density at radius 3 is 2.56 bits per heavy atom. The van der Waals surface area contributed by atoms with Crippen LogP contribution in [0.15, 0.2) is 0 Å². The predicted molar refractivity (Wildman–Crippen MR) is 35.4 cm³/mol. The number of carbonyl (C=O) groups excluding carboxylic acids is 1. The molecule has 2 fully saturated rings. The van der Waals surface area contributed by atoms with Crippen molar-refractivity contribution < 1.29 is 9.53 Å². The summed E-state index contributed by atoms with van der Waals surface area (Å²) in [6.07, 6.45) is 1.60. The number of carbonyl (C=O) groups is 1. The van der Waals surface area contributed by atoms with E-state index < -0.39 is 0 Å². The summed E-state index contributed by atoms with van der Waals surface area (Å²) in [6, 6.07) is 0. The molecule has 50 valence electrons. The van der Waals surface area contributed by atoms with Crippen molar-refractivity contribution in [3.63, 3.8) is 0 Å². The fourth-order valence-electron chi connectivity index (χ4n) is 1.21. The van der Waals surface area contributed by atoms with Crippen molar-refractivity contribution in [2.75, 3.05) is 11.5 Å². The lowest BCUT2D eigenvalue weighted by Gasteiger charge is -2.35. The fourth-order valence-corrected chi connectivity index (χ4v) is 2.27. The summed E-state index contributed by atoms with van der Waals surface area (Å²) in [7, 11) is 0. The third-order valence-electron chi connectivity index (χ3n) is 1.85. The standard InChI is InChI=1S/C6H8O2S/c7-5-1-2-6(8-5)3-9-4-6/h1-4H2. The van der Waals surface area contributed by atoms with Crippen LogP contribution in [0.4, 0.5) is 0 Å². The first-order valence-corrected chi connectivity index (χ1v) is 4.26. The molecule has 2 heterocycles. The molecule has 0 aliphatic carbocycles. The van der Waals surface area contributed by atoms with Crippen LogP contribution in [0.25, 0.3) is 0 Å². The van der Waals surface area contributed by atoms with Crippen molar-refractivity contribution in [1.29, 1.82) is 0 Å². The average molecular weight is 144 g/mol. The lowest BCUT2D eigenvalue weighted by Crippen LogP contribution is -2.42. The Hall–Kier alpha value is -0.180. The summed E-state index contributed by atoms with van der Waals surface area (Å²) in [5.41, 5.74) is 0.00174. The van der Waals surface area contributed by atoms with Crippen molar-refractivity contribution in [3.05, 3.63) is 0 Å². The lowest BCUT2D eigenvalue weighted by atomic mass is 10.1.